The predicted octanol–water partition coefficient (Wildman–Crippen LogP) is 3.99. The van der Waals surface area contributed by atoms with Crippen LogP contribution in [0, 0.1) is 6.92 Å². The molecule has 0 aliphatic carbocycles. The number of nitrogens with one attached hydrogen (secondary N) is 2. The standard InChI is InChI=1S/C13H13ClN4O2S/c1-7-3-4-8(16-13(19)20)9(5-7)15-11-6-10(14)17-12(18-11)21-2/h3-6,16H,1-2H3,(H,19,20)(H,15,17,18). The molecule has 1 amide bonds. The summed E-state index contributed by atoms with van der Waals surface area (Å²) in [6.07, 6.45) is 0.715. The highest BCUT2D eigenvalue weighted by Gasteiger charge is 2.08. The molecule has 0 aliphatic rings. The van der Waals surface area contributed by atoms with Gasteiger partial charge in [-0.3, -0.25) is 5.32 Å². The van der Waals surface area contributed by atoms with Crippen molar-refractivity contribution in [2.75, 3.05) is 16.9 Å². The molecule has 0 radical (unpaired) electrons. The van der Waals surface area contributed by atoms with Crippen molar-refractivity contribution in [3.63, 3.8) is 0 Å². The minimum Gasteiger partial charge on any atom is -0.465 e. The van der Waals surface area contributed by atoms with Crippen molar-refractivity contribution in [1.82, 2.24) is 9.97 Å². The molecule has 0 bridgehead atoms. The van der Waals surface area contributed by atoms with Crippen molar-refractivity contribution in [3.8, 4) is 0 Å². The summed E-state index contributed by atoms with van der Waals surface area (Å²) in [4.78, 5) is 19.2. The van der Waals surface area contributed by atoms with E-state index in [1.165, 1.54) is 11.8 Å². The molecule has 1 aromatic heterocycles. The highest BCUT2D eigenvalue weighted by atomic mass is 35.5. The molecule has 1 heterocycles. The Morgan fingerprint density at radius 2 is 2.05 bits per heavy atom. The molecular formula is C13H13ClN4O2S. The molecule has 0 atom stereocenters. The van der Waals surface area contributed by atoms with Crippen LogP contribution in [0.5, 0.6) is 0 Å². The lowest BCUT2D eigenvalue weighted by Gasteiger charge is -2.12. The van der Waals surface area contributed by atoms with E-state index in [1.54, 1.807) is 12.1 Å². The van der Waals surface area contributed by atoms with Crippen LogP contribution >= 0.6 is 23.4 Å². The van der Waals surface area contributed by atoms with Crippen LogP contribution < -0.4 is 10.6 Å². The molecule has 0 fully saturated rings. The third-order valence-electron chi connectivity index (χ3n) is 2.54. The maximum Gasteiger partial charge on any atom is 0.409 e. The summed E-state index contributed by atoms with van der Waals surface area (Å²) >= 11 is 7.31. The van der Waals surface area contributed by atoms with Crippen LogP contribution in [0.1, 0.15) is 5.56 Å². The second-order valence-corrected chi connectivity index (χ2v) is 5.33. The second-order valence-electron chi connectivity index (χ2n) is 4.17. The predicted molar refractivity (Wildman–Crippen MR) is 84.9 cm³/mol. The summed E-state index contributed by atoms with van der Waals surface area (Å²) in [6.45, 7) is 1.91. The number of hydrogen-bond acceptors (Lipinski definition) is 5. The molecule has 2 aromatic rings. The number of carbonyl (C=O) groups is 1. The van der Waals surface area contributed by atoms with Gasteiger partial charge in [-0.2, -0.15) is 0 Å². The highest BCUT2D eigenvalue weighted by molar-refractivity contribution is 7.98. The maximum absolute atomic E-state index is 10.8. The van der Waals surface area contributed by atoms with E-state index < -0.39 is 6.09 Å². The Morgan fingerprint density at radius 3 is 2.71 bits per heavy atom. The Labute approximate surface area is 131 Å². The van der Waals surface area contributed by atoms with E-state index in [2.05, 4.69) is 20.6 Å². The molecule has 3 N–H and O–H groups in total. The summed E-state index contributed by atoms with van der Waals surface area (Å²) in [7, 11) is 0. The first-order valence-corrected chi connectivity index (χ1v) is 7.54. The Morgan fingerprint density at radius 1 is 1.29 bits per heavy atom. The molecule has 110 valence electrons. The van der Waals surface area contributed by atoms with Crippen molar-refractivity contribution in [3.05, 3.63) is 35.0 Å². The summed E-state index contributed by atoms with van der Waals surface area (Å²) < 4.78 is 0. The lowest BCUT2D eigenvalue weighted by molar-refractivity contribution is 0.210. The second kappa shape index (κ2) is 6.64. The van der Waals surface area contributed by atoms with Gasteiger partial charge in [-0.25, -0.2) is 14.8 Å². The zero-order valence-electron chi connectivity index (χ0n) is 11.3. The van der Waals surface area contributed by atoms with Crippen LogP contribution in [0.4, 0.5) is 22.0 Å². The van der Waals surface area contributed by atoms with E-state index in [9.17, 15) is 4.79 Å². The maximum atomic E-state index is 10.8. The van der Waals surface area contributed by atoms with Crippen LogP contribution in [0.2, 0.25) is 5.15 Å². The number of carboxylic acid groups (broad SMARTS) is 1. The van der Waals surface area contributed by atoms with Gasteiger partial charge in [-0.1, -0.05) is 29.4 Å². The third-order valence-corrected chi connectivity index (χ3v) is 3.28. The van der Waals surface area contributed by atoms with E-state index in [1.807, 2.05) is 25.3 Å². The number of benzene rings is 1. The van der Waals surface area contributed by atoms with Crippen LogP contribution in [0.3, 0.4) is 0 Å². The van der Waals surface area contributed by atoms with Crippen molar-refractivity contribution >= 4 is 46.6 Å². The third kappa shape index (κ3) is 4.24. The minimum atomic E-state index is -1.13. The van der Waals surface area contributed by atoms with Gasteiger partial charge in [-0.15, -0.1) is 0 Å². The normalized spacial score (nSPS) is 10.2. The number of aryl methyl sites for hydroxylation is 1. The number of thioether (sulfide) groups is 1. The smallest absolute Gasteiger partial charge is 0.409 e. The Kier molecular flexibility index (Phi) is 4.87. The van der Waals surface area contributed by atoms with E-state index in [0.29, 0.717) is 27.5 Å². The largest absolute Gasteiger partial charge is 0.465 e. The number of anilines is 3. The lowest BCUT2D eigenvalue weighted by atomic mass is 10.2. The van der Waals surface area contributed by atoms with Crippen molar-refractivity contribution < 1.29 is 9.90 Å². The fourth-order valence-electron chi connectivity index (χ4n) is 1.68. The topological polar surface area (TPSA) is 87.1 Å². The highest BCUT2D eigenvalue weighted by Crippen LogP contribution is 2.27. The monoisotopic (exact) mass is 324 g/mol. The van der Waals surface area contributed by atoms with Gasteiger partial charge in [0.25, 0.3) is 0 Å². The van der Waals surface area contributed by atoms with Gasteiger partial charge in [-0.05, 0) is 30.9 Å². The summed E-state index contributed by atoms with van der Waals surface area (Å²) in [5.41, 5.74) is 2.02. The van der Waals surface area contributed by atoms with Crippen LogP contribution in [0.15, 0.2) is 29.4 Å². The zero-order valence-corrected chi connectivity index (χ0v) is 12.9. The molecule has 1 aromatic carbocycles. The van der Waals surface area contributed by atoms with Gasteiger partial charge in [0.1, 0.15) is 11.0 Å². The van der Waals surface area contributed by atoms with Gasteiger partial charge in [0, 0.05) is 6.07 Å². The summed E-state index contributed by atoms with van der Waals surface area (Å²) in [6, 6.07) is 6.90. The van der Waals surface area contributed by atoms with Crippen LogP contribution in [-0.2, 0) is 0 Å². The van der Waals surface area contributed by atoms with Gasteiger partial charge in [0.05, 0.1) is 11.4 Å². The lowest BCUT2D eigenvalue weighted by Crippen LogP contribution is -2.09. The molecule has 0 saturated carbocycles. The van der Waals surface area contributed by atoms with Crippen molar-refractivity contribution in [1.29, 1.82) is 0 Å². The summed E-state index contributed by atoms with van der Waals surface area (Å²) in [5, 5.41) is 15.1. The molecule has 0 unspecified atom stereocenters. The number of amides is 1. The number of nitrogens with zero attached hydrogens (tertiary/aromatic N) is 2. The van der Waals surface area contributed by atoms with Crippen molar-refractivity contribution in [2.45, 2.75) is 12.1 Å². The van der Waals surface area contributed by atoms with Crippen LogP contribution in [0.25, 0.3) is 0 Å². The number of rotatable bonds is 4. The number of hydrogen-bond donors (Lipinski definition) is 3. The Balaban J connectivity index is 2.36. The van der Waals surface area contributed by atoms with E-state index in [4.69, 9.17) is 16.7 Å². The van der Waals surface area contributed by atoms with E-state index in [0.717, 1.165) is 5.56 Å². The Hall–Kier alpha value is -1.99. The number of halogens is 1. The molecule has 2 rings (SSSR count). The first-order valence-electron chi connectivity index (χ1n) is 5.94. The SMILES string of the molecule is CSc1nc(Cl)cc(Nc2cc(C)ccc2NC(=O)O)n1. The van der Waals surface area contributed by atoms with Gasteiger partial charge in [0.2, 0.25) is 0 Å². The van der Waals surface area contributed by atoms with Gasteiger partial charge >= 0.3 is 6.09 Å². The average molecular weight is 325 g/mol. The molecule has 0 saturated heterocycles. The van der Waals surface area contributed by atoms with Gasteiger partial charge < -0.3 is 10.4 Å². The zero-order chi connectivity index (χ0) is 15.4. The molecule has 0 aliphatic heterocycles. The fraction of sp³-hybridized carbons (Fsp3) is 0.154. The molecular weight excluding hydrogens is 312 g/mol. The minimum absolute atomic E-state index is 0.317. The van der Waals surface area contributed by atoms with Crippen molar-refractivity contribution in [2.24, 2.45) is 0 Å². The number of aromatic nitrogens is 2. The molecule has 6 nitrogen and oxygen atoms in total. The Bertz CT molecular complexity index is 681. The molecule has 8 heteroatoms. The summed E-state index contributed by atoms with van der Waals surface area (Å²) in [5.74, 6) is 0.499. The van der Waals surface area contributed by atoms with Gasteiger partial charge in [0.15, 0.2) is 5.16 Å². The van der Waals surface area contributed by atoms with E-state index >= 15 is 0 Å². The molecule has 0 spiro atoms. The van der Waals surface area contributed by atoms with E-state index in [-0.39, 0.29) is 0 Å². The first-order chi connectivity index (χ1) is 9.97. The average Bonchev–Trinajstić information content (AvgIpc) is 2.40. The quantitative estimate of drug-likeness (QED) is 0.448. The van der Waals surface area contributed by atoms with Crippen LogP contribution in [-0.4, -0.2) is 27.4 Å². The first kappa shape index (κ1) is 15.4. The fourth-order valence-corrected chi connectivity index (χ4v) is 2.29. The molecule has 21 heavy (non-hydrogen) atoms.